The zero-order chi connectivity index (χ0) is 26.6. The number of anilines is 2. The third-order valence-corrected chi connectivity index (χ3v) is 8.43. The van der Waals surface area contributed by atoms with E-state index in [0.29, 0.717) is 31.9 Å². The van der Waals surface area contributed by atoms with Crippen LogP contribution in [0, 0.1) is 6.92 Å². The molecule has 3 aromatic rings. The van der Waals surface area contributed by atoms with Crippen LogP contribution in [0.25, 0.3) is 0 Å². The van der Waals surface area contributed by atoms with Gasteiger partial charge in [-0.05, 0) is 55.0 Å². The summed E-state index contributed by atoms with van der Waals surface area (Å²) in [5.41, 5.74) is 2.10. The molecule has 8 nitrogen and oxygen atoms in total. The second-order valence-corrected chi connectivity index (χ2v) is 10.9. The summed E-state index contributed by atoms with van der Waals surface area (Å²) in [6.45, 7) is 3.69. The van der Waals surface area contributed by atoms with E-state index < -0.39 is 10.0 Å². The number of carbonyl (C=O) groups excluding carboxylic acids is 1. The molecule has 1 heterocycles. The Labute approximate surface area is 223 Å². The Kier molecular flexibility index (Phi) is 8.14. The van der Waals surface area contributed by atoms with Crippen LogP contribution in [0.3, 0.4) is 0 Å². The topological polar surface area (TPSA) is 79.4 Å². The van der Waals surface area contributed by atoms with Crippen molar-refractivity contribution in [2.75, 3.05) is 56.1 Å². The van der Waals surface area contributed by atoms with Gasteiger partial charge in [-0.25, -0.2) is 8.42 Å². The van der Waals surface area contributed by atoms with Crippen LogP contribution in [0.15, 0.2) is 71.6 Å². The van der Waals surface area contributed by atoms with E-state index in [2.05, 4.69) is 4.90 Å². The van der Waals surface area contributed by atoms with Crippen molar-refractivity contribution >= 4 is 38.9 Å². The summed E-state index contributed by atoms with van der Waals surface area (Å²) in [5.74, 6) is 0.299. The van der Waals surface area contributed by atoms with Crippen LogP contribution in [0.2, 0.25) is 5.02 Å². The molecule has 1 fully saturated rings. The number of piperazine rings is 1. The monoisotopic (exact) mass is 543 g/mol. The van der Waals surface area contributed by atoms with Crippen molar-refractivity contribution in [3.63, 3.8) is 0 Å². The highest BCUT2D eigenvalue weighted by molar-refractivity contribution is 7.93. The van der Waals surface area contributed by atoms with Gasteiger partial charge in [0.25, 0.3) is 10.0 Å². The lowest BCUT2D eigenvalue weighted by atomic mass is 10.2. The Bertz CT molecular complexity index is 1360. The molecule has 1 aliphatic rings. The number of amides is 1. The number of rotatable bonds is 8. The molecule has 0 saturated carbocycles. The standard InChI is InChI=1S/C27H30ClN3O5S/c1-20-9-11-25(36-3)26(17-20)37(33,34)31(22-10-12-24(35-2)23(28)18-22)19-27(32)30-15-13-29(14-16-30)21-7-5-4-6-8-21/h4-12,17-18H,13-16,19H2,1-3H3. The smallest absolute Gasteiger partial charge is 0.268 e. The van der Waals surface area contributed by atoms with Gasteiger partial charge in [-0.15, -0.1) is 0 Å². The average molecular weight is 544 g/mol. The third kappa shape index (κ3) is 5.78. The molecule has 0 N–H and O–H groups in total. The van der Waals surface area contributed by atoms with E-state index in [0.717, 1.165) is 15.6 Å². The van der Waals surface area contributed by atoms with Gasteiger partial charge in [0.05, 0.1) is 24.9 Å². The van der Waals surface area contributed by atoms with E-state index in [1.807, 2.05) is 30.3 Å². The van der Waals surface area contributed by atoms with Crippen LogP contribution in [-0.4, -0.2) is 66.2 Å². The predicted octanol–water partition coefficient (Wildman–Crippen LogP) is 4.21. The van der Waals surface area contributed by atoms with E-state index in [4.69, 9.17) is 21.1 Å². The van der Waals surface area contributed by atoms with Gasteiger partial charge in [0.2, 0.25) is 5.91 Å². The minimum absolute atomic E-state index is 0.0244. The first-order chi connectivity index (χ1) is 17.7. The molecule has 1 amide bonds. The van der Waals surface area contributed by atoms with Crippen LogP contribution >= 0.6 is 11.6 Å². The molecule has 10 heteroatoms. The lowest BCUT2D eigenvalue weighted by Gasteiger charge is -2.37. The van der Waals surface area contributed by atoms with Crippen LogP contribution in [0.1, 0.15) is 5.56 Å². The number of methoxy groups -OCH3 is 2. The molecule has 3 aromatic carbocycles. The molecule has 0 bridgehead atoms. The number of sulfonamides is 1. The predicted molar refractivity (Wildman–Crippen MR) is 146 cm³/mol. The Hall–Kier alpha value is -3.43. The van der Waals surface area contributed by atoms with Gasteiger partial charge in [-0.3, -0.25) is 9.10 Å². The highest BCUT2D eigenvalue weighted by atomic mass is 35.5. The summed E-state index contributed by atoms with van der Waals surface area (Å²) in [5, 5.41) is 0.236. The molecule has 196 valence electrons. The fourth-order valence-electron chi connectivity index (χ4n) is 4.31. The SMILES string of the molecule is COc1ccc(N(CC(=O)N2CCN(c3ccccc3)CC2)S(=O)(=O)c2cc(C)ccc2OC)cc1Cl. The summed E-state index contributed by atoms with van der Waals surface area (Å²) in [6.07, 6.45) is 0. The van der Waals surface area contributed by atoms with Crippen LogP contribution in [0.5, 0.6) is 11.5 Å². The molecule has 37 heavy (non-hydrogen) atoms. The summed E-state index contributed by atoms with van der Waals surface area (Å²) >= 11 is 6.34. The normalized spacial score (nSPS) is 13.8. The zero-order valence-corrected chi connectivity index (χ0v) is 22.6. The van der Waals surface area contributed by atoms with Gasteiger partial charge >= 0.3 is 0 Å². The third-order valence-electron chi connectivity index (χ3n) is 6.34. The summed E-state index contributed by atoms with van der Waals surface area (Å²) in [6, 6.07) is 19.5. The number of nitrogens with zero attached hydrogens (tertiary/aromatic N) is 3. The summed E-state index contributed by atoms with van der Waals surface area (Å²) in [7, 11) is -1.30. The average Bonchev–Trinajstić information content (AvgIpc) is 2.92. The molecule has 0 aliphatic carbocycles. The van der Waals surface area contributed by atoms with E-state index in [1.54, 1.807) is 36.1 Å². The van der Waals surface area contributed by atoms with Gasteiger partial charge in [0, 0.05) is 31.9 Å². The number of para-hydroxylation sites is 1. The van der Waals surface area contributed by atoms with Crippen LogP contribution in [0.4, 0.5) is 11.4 Å². The van der Waals surface area contributed by atoms with Crippen LogP contribution in [-0.2, 0) is 14.8 Å². The van der Waals surface area contributed by atoms with Gasteiger partial charge < -0.3 is 19.3 Å². The van der Waals surface area contributed by atoms with Crippen molar-refractivity contribution < 1.29 is 22.7 Å². The van der Waals surface area contributed by atoms with Crippen molar-refractivity contribution in [1.82, 2.24) is 4.90 Å². The van der Waals surface area contributed by atoms with E-state index in [1.165, 1.54) is 26.4 Å². The number of ether oxygens (including phenoxy) is 2. The van der Waals surface area contributed by atoms with Crippen molar-refractivity contribution in [2.24, 2.45) is 0 Å². The first-order valence-electron chi connectivity index (χ1n) is 11.8. The zero-order valence-electron chi connectivity index (χ0n) is 21.1. The maximum absolute atomic E-state index is 14.0. The van der Waals surface area contributed by atoms with Gasteiger partial charge in [-0.2, -0.15) is 0 Å². The Morgan fingerprint density at radius 1 is 0.919 bits per heavy atom. The molecule has 0 aromatic heterocycles. The molecular weight excluding hydrogens is 514 g/mol. The first-order valence-corrected chi connectivity index (χ1v) is 13.6. The van der Waals surface area contributed by atoms with E-state index in [-0.39, 0.29) is 33.8 Å². The highest BCUT2D eigenvalue weighted by Crippen LogP contribution is 2.34. The molecule has 1 aliphatic heterocycles. The summed E-state index contributed by atoms with van der Waals surface area (Å²) < 4.78 is 39.6. The van der Waals surface area contributed by atoms with Gasteiger partial charge in [0.1, 0.15) is 22.9 Å². The fourth-order valence-corrected chi connectivity index (χ4v) is 6.21. The summed E-state index contributed by atoms with van der Waals surface area (Å²) in [4.78, 5) is 17.3. The maximum Gasteiger partial charge on any atom is 0.268 e. The van der Waals surface area contributed by atoms with Gasteiger partial charge in [-0.1, -0.05) is 35.9 Å². The number of hydrogen-bond donors (Lipinski definition) is 0. The fraction of sp³-hybridized carbons (Fsp3) is 0.296. The lowest BCUT2D eigenvalue weighted by molar-refractivity contribution is -0.129. The largest absolute Gasteiger partial charge is 0.495 e. The second kappa shape index (κ2) is 11.3. The van der Waals surface area contributed by atoms with Crippen molar-refractivity contribution in [3.8, 4) is 11.5 Å². The molecule has 0 radical (unpaired) electrons. The first kappa shape index (κ1) is 26.6. The molecular formula is C27H30ClN3O5S. The minimum Gasteiger partial charge on any atom is -0.495 e. The Morgan fingerprint density at radius 2 is 1.57 bits per heavy atom. The molecule has 0 unspecified atom stereocenters. The second-order valence-electron chi connectivity index (χ2n) is 8.69. The number of hydrogen-bond acceptors (Lipinski definition) is 6. The maximum atomic E-state index is 14.0. The number of benzene rings is 3. The lowest BCUT2D eigenvalue weighted by Crippen LogP contribution is -2.52. The highest BCUT2D eigenvalue weighted by Gasteiger charge is 2.33. The van der Waals surface area contributed by atoms with E-state index >= 15 is 0 Å². The van der Waals surface area contributed by atoms with E-state index in [9.17, 15) is 13.2 Å². The van der Waals surface area contributed by atoms with Crippen molar-refractivity contribution in [2.45, 2.75) is 11.8 Å². The molecule has 0 atom stereocenters. The minimum atomic E-state index is -4.19. The Morgan fingerprint density at radius 3 is 2.19 bits per heavy atom. The van der Waals surface area contributed by atoms with Gasteiger partial charge in [0.15, 0.2) is 0 Å². The Balaban J connectivity index is 1.63. The number of halogens is 1. The van der Waals surface area contributed by atoms with Crippen molar-refractivity contribution in [3.05, 3.63) is 77.3 Å². The van der Waals surface area contributed by atoms with Crippen LogP contribution < -0.4 is 18.7 Å². The quantitative estimate of drug-likeness (QED) is 0.423. The number of carbonyl (C=O) groups is 1. The molecule has 1 saturated heterocycles. The number of aryl methyl sites for hydroxylation is 1. The van der Waals surface area contributed by atoms with Crippen molar-refractivity contribution in [1.29, 1.82) is 0 Å². The molecule has 0 spiro atoms. The molecule has 4 rings (SSSR count).